The third-order valence-electron chi connectivity index (χ3n) is 5.04. The molecular weight excluding hydrogens is 412 g/mol. The fourth-order valence-corrected chi connectivity index (χ4v) is 3.44. The number of hydrogen-bond acceptors (Lipinski definition) is 6. The summed E-state index contributed by atoms with van der Waals surface area (Å²) in [7, 11) is 0. The minimum absolute atomic E-state index is 0.257. The van der Waals surface area contributed by atoms with Crippen LogP contribution >= 0.6 is 0 Å². The lowest BCUT2D eigenvalue weighted by Gasteiger charge is -2.28. The van der Waals surface area contributed by atoms with Gasteiger partial charge in [-0.15, -0.1) is 0 Å². The molecule has 0 saturated heterocycles. The van der Waals surface area contributed by atoms with E-state index in [0.717, 1.165) is 12.0 Å². The Morgan fingerprint density at radius 2 is 1.69 bits per heavy atom. The van der Waals surface area contributed by atoms with Crippen LogP contribution in [0.15, 0.2) is 42.5 Å². The van der Waals surface area contributed by atoms with E-state index < -0.39 is 11.9 Å². The highest BCUT2D eigenvalue weighted by atomic mass is 16.5. The van der Waals surface area contributed by atoms with Gasteiger partial charge < -0.3 is 24.4 Å². The highest BCUT2D eigenvalue weighted by molar-refractivity contribution is 5.96. The fraction of sp³-hybridized carbons (Fsp3) is 0.375. The molecule has 0 radical (unpaired) electrons. The highest BCUT2D eigenvalue weighted by Crippen LogP contribution is 2.28. The van der Waals surface area contributed by atoms with Crippen LogP contribution in [0.1, 0.15) is 35.3 Å². The molecule has 2 aromatic carbocycles. The number of nitrogens with zero attached hydrogens (tertiary/aromatic N) is 1. The maximum atomic E-state index is 12.4. The molecule has 0 spiro atoms. The maximum absolute atomic E-state index is 12.4. The van der Waals surface area contributed by atoms with Gasteiger partial charge in [0, 0.05) is 18.7 Å². The zero-order chi connectivity index (χ0) is 22.9. The standard InChI is InChI=1S/C24H28N2O6/c1-3-30-20-10-9-18(13-21(20)31-4-2)24(29)25-14-23(28)32-16-22(27)26-12-11-17-7-5-6-8-19(17)15-26/h5-10,13H,3-4,11-12,14-16H2,1-2H3,(H,25,29). The van der Waals surface area contributed by atoms with Gasteiger partial charge in [-0.2, -0.15) is 0 Å². The van der Waals surface area contributed by atoms with Gasteiger partial charge >= 0.3 is 5.97 Å². The molecule has 3 rings (SSSR count). The Bertz CT molecular complexity index is 975. The zero-order valence-electron chi connectivity index (χ0n) is 18.4. The highest BCUT2D eigenvalue weighted by Gasteiger charge is 2.21. The van der Waals surface area contributed by atoms with Crippen molar-refractivity contribution in [1.82, 2.24) is 10.2 Å². The lowest BCUT2D eigenvalue weighted by atomic mass is 10.00. The summed E-state index contributed by atoms with van der Waals surface area (Å²) in [5, 5.41) is 2.50. The molecule has 0 aromatic heterocycles. The van der Waals surface area contributed by atoms with Crippen molar-refractivity contribution in [1.29, 1.82) is 0 Å². The first kappa shape index (κ1) is 23.1. The van der Waals surface area contributed by atoms with Gasteiger partial charge in [-0.05, 0) is 49.6 Å². The Balaban J connectivity index is 1.46. The van der Waals surface area contributed by atoms with Crippen molar-refractivity contribution in [2.75, 3.05) is 32.9 Å². The first-order chi connectivity index (χ1) is 15.5. The van der Waals surface area contributed by atoms with Crippen LogP contribution in [-0.4, -0.2) is 55.6 Å². The first-order valence-corrected chi connectivity index (χ1v) is 10.7. The van der Waals surface area contributed by atoms with Gasteiger partial charge in [0.25, 0.3) is 11.8 Å². The Hall–Kier alpha value is -3.55. The van der Waals surface area contributed by atoms with E-state index in [-0.39, 0.29) is 19.1 Å². The number of carbonyl (C=O) groups is 3. The monoisotopic (exact) mass is 440 g/mol. The Kier molecular flexibility index (Phi) is 8.08. The second-order valence-electron chi connectivity index (χ2n) is 7.20. The minimum Gasteiger partial charge on any atom is -0.490 e. The minimum atomic E-state index is -0.680. The fourth-order valence-electron chi connectivity index (χ4n) is 3.44. The average Bonchev–Trinajstić information content (AvgIpc) is 2.82. The van der Waals surface area contributed by atoms with Crippen molar-refractivity contribution in [2.24, 2.45) is 0 Å². The second kappa shape index (κ2) is 11.2. The van der Waals surface area contributed by atoms with Crippen LogP contribution in [0, 0.1) is 0 Å². The van der Waals surface area contributed by atoms with Gasteiger partial charge in [0.2, 0.25) is 0 Å². The topological polar surface area (TPSA) is 94.2 Å². The van der Waals surface area contributed by atoms with Gasteiger partial charge in [0.15, 0.2) is 18.1 Å². The summed E-state index contributed by atoms with van der Waals surface area (Å²) >= 11 is 0. The van der Waals surface area contributed by atoms with E-state index in [1.54, 1.807) is 23.1 Å². The molecule has 1 N–H and O–H groups in total. The van der Waals surface area contributed by atoms with Crippen LogP contribution in [0.3, 0.4) is 0 Å². The summed E-state index contributed by atoms with van der Waals surface area (Å²) in [4.78, 5) is 38.5. The number of rotatable bonds is 9. The summed E-state index contributed by atoms with van der Waals surface area (Å²) in [5.41, 5.74) is 2.67. The molecule has 1 aliphatic rings. The Morgan fingerprint density at radius 3 is 2.44 bits per heavy atom. The normalized spacial score (nSPS) is 12.5. The smallest absolute Gasteiger partial charge is 0.325 e. The number of nitrogens with one attached hydrogen (secondary N) is 1. The quantitative estimate of drug-likeness (QED) is 0.602. The molecule has 170 valence electrons. The van der Waals surface area contributed by atoms with Crippen molar-refractivity contribution in [2.45, 2.75) is 26.8 Å². The summed E-state index contributed by atoms with van der Waals surface area (Å²) in [6.45, 7) is 4.99. The molecular formula is C24H28N2O6. The number of ether oxygens (including phenoxy) is 3. The molecule has 8 heteroatoms. The number of carbonyl (C=O) groups excluding carboxylic acids is 3. The first-order valence-electron chi connectivity index (χ1n) is 10.7. The van der Waals surface area contributed by atoms with Crippen molar-refractivity contribution >= 4 is 17.8 Å². The van der Waals surface area contributed by atoms with Crippen molar-refractivity contribution < 1.29 is 28.6 Å². The molecule has 2 aromatic rings. The van der Waals surface area contributed by atoms with Gasteiger partial charge in [0.05, 0.1) is 13.2 Å². The van der Waals surface area contributed by atoms with E-state index in [0.29, 0.717) is 43.4 Å². The third kappa shape index (κ3) is 6.00. The molecule has 0 bridgehead atoms. The number of hydrogen-bond donors (Lipinski definition) is 1. The van der Waals surface area contributed by atoms with Gasteiger partial charge in [-0.1, -0.05) is 24.3 Å². The number of benzene rings is 2. The predicted molar refractivity (Wildman–Crippen MR) is 118 cm³/mol. The van der Waals surface area contributed by atoms with Crippen LogP contribution in [0.2, 0.25) is 0 Å². The molecule has 0 fully saturated rings. The zero-order valence-corrected chi connectivity index (χ0v) is 18.4. The molecule has 8 nitrogen and oxygen atoms in total. The molecule has 1 heterocycles. The van der Waals surface area contributed by atoms with Gasteiger partial charge in [0.1, 0.15) is 6.54 Å². The van der Waals surface area contributed by atoms with E-state index in [4.69, 9.17) is 14.2 Å². The number of esters is 1. The SMILES string of the molecule is CCOc1ccc(C(=O)NCC(=O)OCC(=O)N2CCc3ccccc3C2)cc1OCC. The van der Waals surface area contributed by atoms with E-state index >= 15 is 0 Å². The average molecular weight is 440 g/mol. The van der Waals surface area contributed by atoms with Gasteiger partial charge in [-0.3, -0.25) is 14.4 Å². The summed E-state index contributed by atoms with van der Waals surface area (Å²) in [6.07, 6.45) is 0.776. The molecule has 0 aliphatic carbocycles. The largest absolute Gasteiger partial charge is 0.490 e. The van der Waals surface area contributed by atoms with E-state index in [1.165, 1.54) is 5.56 Å². The summed E-state index contributed by atoms with van der Waals surface area (Å²) < 4.78 is 16.0. The van der Waals surface area contributed by atoms with E-state index in [2.05, 4.69) is 11.4 Å². The van der Waals surface area contributed by atoms with Crippen LogP contribution in [0.5, 0.6) is 11.5 Å². The van der Waals surface area contributed by atoms with E-state index in [1.807, 2.05) is 32.0 Å². The molecule has 32 heavy (non-hydrogen) atoms. The molecule has 0 unspecified atom stereocenters. The van der Waals surface area contributed by atoms with Crippen molar-refractivity contribution in [3.05, 3.63) is 59.2 Å². The number of fused-ring (bicyclic) bond motifs is 1. The van der Waals surface area contributed by atoms with Crippen LogP contribution in [0.4, 0.5) is 0 Å². The van der Waals surface area contributed by atoms with E-state index in [9.17, 15) is 14.4 Å². The molecule has 0 saturated carbocycles. The third-order valence-corrected chi connectivity index (χ3v) is 5.04. The van der Waals surface area contributed by atoms with Crippen LogP contribution in [0.25, 0.3) is 0 Å². The lowest BCUT2D eigenvalue weighted by Crippen LogP contribution is -2.39. The maximum Gasteiger partial charge on any atom is 0.325 e. The summed E-state index contributed by atoms with van der Waals surface area (Å²) in [6, 6.07) is 12.8. The lowest BCUT2D eigenvalue weighted by molar-refractivity contribution is -0.151. The van der Waals surface area contributed by atoms with Crippen LogP contribution < -0.4 is 14.8 Å². The van der Waals surface area contributed by atoms with Gasteiger partial charge in [-0.25, -0.2) is 0 Å². The molecule has 2 amide bonds. The Labute approximate surface area is 187 Å². The van der Waals surface area contributed by atoms with Crippen molar-refractivity contribution in [3.63, 3.8) is 0 Å². The molecule has 1 aliphatic heterocycles. The van der Waals surface area contributed by atoms with Crippen LogP contribution in [-0.2, 0) is 27.3 Å². The predicted octanol–water partition coefficient (Wildman–Crippen LogP) is 2.34. The van der Waals surface area contributed by atoms with Crippen molar-refractivity contribution in [3.8, 4) is 11.5 Å². The number of amides is 2. The summed E-state index contributed by atoms with van der Waals surface area (Å²) in [5.74, 6) is -0.389. The molecule has 0 atom stereocenters. The second-order valence-corrected chi connectivity index (χ2v) is 7.20. The Morgan fingerprint density at radius 1 is 0.969 bits per heavy atom.